The molecule has 3 aromatic rings. The second-order valence-corrected chi connectivity index (χ2v) is 9.46. The van der Waals surface area contributed by atoms with Crippen LogP contribution >= 0.6 is 11.6 Å². The van der Waals surface area contributed by atoms with E-state index in [1.807, 2.05) is 68.7 Å². The summed E-state index contributed by atoms with van der Waals surface area (Å²) in [6.07, 6.45) is 3.34. The predicted molar refractivity (Wildman–Crippen MR) is 131 cm³/mol. The summed E-state index contributed by atoms with van der Waals surface area (Å²) >= 11 is 6.59. The van der Waals surface area contributed by atoms with Crippen LogP contribution in [0.25, 0.3) is 11.0 Å². The number of para-hydroxylation sites is 1. The zero-order valence-corrected chi connectivity index (χ0v) is 20.9. The maximum atomic E-state index is 12.1. The van der Waals surface area contributed by atoms with E-state index in [9.17, 15) is 4.79 Å². The molecule has 0 saturated heterocycles. The molecule has 0 fully saturated rings. The van der Waals surface area contributed by atoms with E-state index in [2.05, 4.69) is 11.9 Å². The number of ether oxygens (including phenoxy) is 3. The lowest BCUT2D eigenvalue weighted by Gasteiger charge is -2.19. The number of fused-ring (bicyclic) bond motifs is 1. The molecule has 3 rings (SSSR count). The van der Waals surface area contributed by atoms with Crippen LogP contribution in [0.3, 0.4) is 0 Å². The number of hydrogen-bond acceptors (Lipinski definition) is 5. The molecule has 0 bridgehead atoms. The Balaban J connectivity index is 1.79. The van der Waals surface area contributed by atoms with Crippen LogP contribution in [0.2, 0.25) is 5.02 Å². The highest BCUT2D eigenvalue weighted by Crippen LogP contribution is 2.30. The van der Waals surface area contributed by atoms with E-state index < -0.39 is 11.6 Å². The van der Waals surface area contributed by atoms with Crippen molar-refractivity contribution in [2.24, 2.45) is 0 Å². The fourth-order valence-electron chi connectivity index (χ4n) is 3.54. The summed E-state index contributed by atoms with van der Waals surface area (Å²) in [5.41, 5.74) is 1.99. The summed E-state index contributed by atoms with van der Waals surface area (Å²) in [7, 11) is 0. The van der Waals surface area contributed by atoms with Gasteiger partial charge in [-0.1, -0.05) is 43.5 Å². The first kappa shape index (κ1) is 24.9. The van der Waals surface area contributed by atoms with Crippen molar-refractivity contribution >= 4 is 28.6 Å². The lowest BCUT2D eigenvalue weighted by molar-refractivity contribution is -0.157. The number of nitrogens with zero attached hydrogens (tertiary/aromatic N) is 2. The van der Waals surface area contributed by atoms with E-state index in [0.717, 1.165) is 47.4 Å². The van der Waals surface area contributed by atoms with Crippen molar-refractivity contribution in [2.75, 3.05) is 13.2 Å². The number of hydrogen-bond donors (Lipinski definition) is 0. The number of rotatable bonds is 10. The van der Waals surface area contributed by atoms with Crippen LogP contribution in [0.5, 0.6) is 11.5 Å². The molecule has 0 aliphatic carbocycles. The summed E-state index contributed by atoms with van der Waals surface area (Å²) in [6, 6.07) is 11.4. The van der Waals surface area contributed by atoms with Gasteiger partial charge in [0, 0.05) is 5.02 Å². The Bertz CT molecular complexity index is 1100. The monoisotopic (exact) mass is 472 g/mol. The molecule has 0 spiro atoms. The Morgan fingerprint density at radius 2 is 1.91 bits per heavy atom. The minimum atomic E-state index is -0.562. The van der Waals surface area contributed by atoms with Crippen molar-refractivity contribution in [3.63, 3.8) is 0 Å². The zero-order chi connectivity index (χ0) is 24.0. The van der Waals surface area contributed by atoms with Gasteiger partial charge in [0.1, 0.15) is 28.4 Å². The molecule has 7 heteroatoms. The number of carbonyl (C=O) groups excluding carboxylic acids is 1. The minimum absolute atomic E-state index is 0.175. The van der Waals surface area contributed by atoms with Gasteiger partial charge in [0.05, 0.1) is 18.7 Å². The number of esters is 1. The van der Waals surface area contributed by atoms with Crippen LogP contribution in [-0.4, -0.2) is 34.3 Å². The lowest BCUT2D eigenvalue weighted by atomic mass is 10.2. The largest absolute Gasteiger partial charge is 0.494 e. The number of unbranched alkanes of at least 4 members (excludes halogenated alkanes) is 2. The van der Waals surface area contributed by atoms with Crippen LogP contribution in [0.1, 0.15) is 58.3 Å². The number of carbonyl (C=O) groups is 1. The number of aromatic nitrogens is 2. The molecule has 2 aromatic carbocycles. The Hall–Kier alpha value is -2.73. The summed E-state index contributed by atoms with van der Waals surface area (Å²) in [5.74, 6) is 1.76. The Labute approximate surface area is 200 Å². The van der Waals surface area contributed by atoms with E-state index in [4.69, 9.17) is 25.8 Å². The third-order valence-corrected chi connectivity index (χ3v) is 5.41. The quantitative estimate of drug-likeness (QED) is 0.254. The lowest BCUT2D eigenvalue weighted by Crippen LogP contribution is -2.27. The van der Waals surface area contributed by atoms with Crippen LogP contribution < -0.4 is 9.47 Å². The number of imidazole rings is 1. The Kier molecular flexibility index (Phi) is 8.25. The van der Waals surface area contributed by atoms with E-state index in [1.165, 1.54) is 0 Å². The molecule has 33 heavy (non-hydrogen) atoms. The van der Waals surface area contributed by atoms with E-state index in [1.54, 1.807) is 0 Å². The van der Waals surface area contributed by atoms with Gasteiger partial charge in [-0.15, -0.1) is 0 Å². The summed E-state index contributed by atoms with van der Waals surface area (Å²) in [4.78, 5) is 16.8. The standard InChI is InChI=1S/C26H33ClN2O4/c1-6-7-8-14-31-20-13-12-19(21(27)15-20)16-29-18(2)28-22-10-9-11-23(25(22)29)32-17-24(30)33-26(3,4)5/h9-13,15H,6-8,14,16-17H2,1-5H3. The molecule has 178 valence electrons. The number of halogens is 1. The minimum Gasteiger partial charge on any atom is -0.494 e. The molecule has 0 amide bonds. The van der Waals surface area contributed by atoms with Gasteiger partial charge >= 0.3 is 5.97 Å². The Morgan fingerprint density at radius 1 is 1.12 bits per heavy atom. The first-order chi connectivity index (χ1) is 15.7. The van der Waals surface area contributed by atoms with Crippen molar-refractivity contribution < 1.29 is 19.0 Å². The number of benzene rings is 2. The van der Waals surface area contributed by atoms with Crippen LogP contribution in [0, 0.1) is 6.92 Å². The van der Waals surface area contributed by atoms with Crippen molar-refractivity contribution in [1.82, 2.24) is 9.55 Å². The molecule has 0 radical (unpaired) electrons. The summed E-state index contributed by atoms with van der Waals surface area (Å²) in [5, 5.41) is 0.636. The highest BCUT2D eigenvalue weighted by Gasteiger charge is 2.19. The molecule has 0 aliphatic heterocycles. The van der Waals surface area contributed by atoms with Crippen LogP contribution in [0.4, 0.5) is 0 Å². The van der Waals surface area contributed by atoms with E-state index in [0.29, 0.717) is 23.9 Å². The normalized spacial score (nSPS) is 11.6. The smallest absolute Gasteiger partial charge is 0.344 e. The number of aryl methyl sites for hydroxylation is 1. The molecule has 6 nitrogen and oxygen atoms in total. The molecule has 1 aromatic heterocycles. The summed E-state index contributed by atoms with van der Waals surface area (Å²) < 4.78 is 19.1. The van der Waals surface area contributed by atoms with Gasteiger partial charge < -0.3 is 18.8 Å². The van der Waals surface area contributed by atoms with Gasteiger partial charge in [-0.25, -0.2) is 9.78 Å². The highest BCUT2D eigenvalue weighted by atomic mass is 35.5. The SMILES string of the molecule is CCCCCOc1ccc(Cn2c(C)nc3cccc(OCC(=O)OC(C)(C)C)c32)c(Cl)c1. The Morgan fingerprint density at radius 3 is 2.61 bits per heavy atom. The van der Waals surface area contributed by atoms with Gasteiger partial charge in [-0.2, -0.15) is 0 Å². The first-order valence-electron chi connectivity index (χ1n) is 11.4. The fraction of sp³-hybridized carbons (Fsp3) is 0.462. The molecule has 0 N–H and O–H groups in total. The van der Waals surface area contributed by atoms with Crippen LogP contribution in [0.15, 0.2) is 36.4 Å². The molecule has 0 aliphatic rings. The maximum absolute atomic E-state index is 12.1. The van der Waals surface area contributed by atoms with Gasteiger partial charge in [-0.3, -0.25) is 0 Å². The molecular formula is C26H33ClN2O4. The van der Waals surface area contributed by atoms with Gasteiger partial charge in [0.15, 0.2) is 6.61 Å². The maximum Gasteiger partial charge on any atom is 0.344 e. The molecular weight excluding hydrogens is 440 g/mol. The predicted octanol–water partition coefficient (Wildman–Crippen LogP) is 6.34. The van der Waals surface area contributed by atoms with Crippen molar-refractivity contribution in [1.29, 1.82) is 0 Å². The molecule has 0 atom stereocenters. The second-order valence-electron chi connectivity index (χ2n) is 9.05. The van der Waals surface area contributed by atoms with Crippen molar-refractivity contribution in [3.8, 4) is 11.5 Å². The fourth-order valence-corrected chi connectivity index (χ4v) is 3.78. The van der Waals surface area contributed by atoms with Crippen molar-refractivity contribution in [2.45, 2.75) is 66.0 Å². The first-order valence-corrected chi connectivity index (χ1v) is 11.8. The molecule has 0 unspecified atom stereocenters. The topological polar surface area (TPSA) is 62.6 Å². The second kappa shape index (κ2) is 10.9. The highest BCUT2D eigenvalue weighted by molar-refractivity contribution is 6.31. The van der Waals surface area contributed by atoms with Crippen LogP contribution in [-0.2, 0) is 16.1 Å². The molecule has 1 heterocycles. The molecule has 0 saturated carbocycles. The van der Waals surface area contributed by atoms with Gasteiger partial charge in [-0.05, 0) is 63.9 Å². The average molecular weight is 473 g/mol. The van der Waals surface area contributed by atoms with E-state index >= 15 is 0 Å². The van der Waals surface area contributed by atoms with Gasteiger partial charge in [0.2, 0.25) is 0 Å². The van der Waals surface area contributed by atoms with Crippen molar-refractivity contribution in [3.05, 3.63) is 52.8 Å². The van der Waals surface area contributed by atoms with E-state index in [-0.39, 0.29) is 6.61 Å². The third-order valence-electron chi connectivity index (χ3n) is 5.06. The van der Waals surface area contributed by atoms with Gasteiger partial charge in [0.25, 0.3) is 0 Å². The zero-order valence-electron chi connectivity index (χ0n) is 20.1. The summed E-state index contributed by atoms with van der Waals surface area (Å²) in [6.45, 7) is 10.6. The third kappa shape index (κ3) is 6.87. The average Bonchev–Trinajstić information content (AvgIpc) is 3.06.